The third-order valence-corrected chi connectivity index (χ3v) is 5.92. The maximum Gasteiger partial charge on any atom is 0.250 e. The molecule has 0 aliphatic rings. The molecule has 102 valence electrons. The molecule has 0 radical (unpaired) electrons. The molecule has 5 heteroatoms. The average molecular weight is 295 g/mol. The van der Waals surface area contributed by atoms with Crippen LogP contribution in [0.25, 0.3) is 0 Å². The van der Waals surface area contributed by atoms with Crippen LogP contribution in [0.5, 0.6) is 0 Å². The second-order valence-corrected chi connectivity index (χ2v) is 7.26. The van der Waals surface area contributed by atoms with Gasteiger partial charge in [0, 0.05) is 6.04 Å². The summed E-state index contributed by atoms with van der Waals surface area (Å²) in [4.78, 5) is 0. The summed E-state index contributed by atoms with van der Waals surface area (Å²) in [6, 6.07) is 11.1. The van der Waals surface area contributed by atoms with Crippen molar-refractivity contribution >= 4 is 21.4 Å². The molecular weight excluding hydrogens is 278 g/mol. The van der Waals surface area contributed by atoms with Gasteiger partial charge in [0.25, 0.3) is 10.0 Å². The highest BCUT2D eigenvalue weighted by atomic mass is 32.2. The number of rotatable bonds is 5. The molecule has 1 unspecified atom stereocenters. The largest absolute Gasteiger partial charge is 0.250 e. The monoisotopic (exact) mass is 295 g/mol. The van der Waals surface area contributed by atoms with Crippen LogP contribution in [0.4, 0.5) is 0 Å². The first kappa shape index (κ1) is 14.2. The maximum atomic E-state index is 12.1. The highest BCUT2D eigenvalue weighted by Gasteiger charge is 2.18. The number of sulfonamides is 1. The van der Waals surface area contributed by atoms with Gasteiger partial charge in [-0.2, -0.15) is 0 Å². The molecule has 0 fully saturated rings. The highest BCUT2D eigenvalue weighted by Crippen LogP contribution is 2.20. The molecule has 2 aromatic rings. The molecule has 3 nitrogen and oxygen atoms in total. The fourth-order valence-corrected chi connectivity index (χ4v) is 4.06. The fourth-order valence-electron chi connectivity index (χ4n) is 1.82. The second kappa shape index (κ2) is 5.86. The number of nitrogens with one attached hydrogen (secondary N) is 1. The van der Waals surface area contributed by atoms with Crippen LogP contribution in [0.1, 0.15) is 31.0 Å². The Labute approximate surface area is 118 Å². The minimum atomic E-state index is -3.41. The lowest BCUT2D eigenvalue weighted by atomic mass is 10.1. The standard InChI is InChI=1S/C14H17NO2S2/c1-3-12-6-8-13(9-7-12)11(2)15-19(16,17)14-5-4-10-18-14/h4-11,15H,3H2,1-2H3. The second-order valence-electron chi connectivity index (χ2n) is 4.37. The Morgan fingerprint density at radius 1 is 1.21 bits per heavy atom. The first-order chi connectivity index (χ1) is 9.03. The van der Waals surface area contributed by atoms with E-state index >= 15 is 0 Å². The van der Waals surface area contributed by atoms with Gasteiger partial charge >= 0.3 is 0 Å². The van der Waals surface area contributed by atoms with E-state index in [2.05, 4.69) is 11.6 Å². The molecule has 1 heterocycles. The third-order valence-electron chi connectivity index (χ3n) is 2.98. The van der Waals surface area contributed by atoms with Crippen molar-refractivity contribution in [2.24, 2.45) is 0 Å². The Morgan fingerprint density at radius 3 is 2.42 bits per heavy atom. The number of hydrogen-bond donors (Lipinski definition) is 1. The third kappa shape index (κ3) is 3.43. The van der Waals surface area contributed by atoms with Crippen LogP contribution < -0.4 is 4.72 Å². The van der Waals surface area contributed by atoms with Crippen molar-refractivity contribution in [3.8, 4) is 0 Å². The van der Waals surface area contributed by atoms with Crippen molar-refractivity contribution in [3.63, 3.8) is 0 Å². The zero-order valence-corrected chi connectivity index (χ0v) is 12.6. The average Bonchev–Trinajstić information content (AvgIpc) is 2.93. The van der Waals surface area contributed by atoms with E-state index in [0.717, 1.165) is 12.0 Å². The van der Waals surface area contributed by atoms with Gasteiger partial charge < -0.3 is 0 Å². The van der Waals surface area contributed by atoms with E-state index in [4.69, 9.17) is 0 Å². The summed E-state index contributed by atoms with van der Waals surface area (Å²) in [5.74, 6) is 0. The molecule has 0 saturated carbocycles. The van der Waals surface area contributed by atoms with Gasteiger partial charge in [0.1, 0.15) is 4.21 Å². The van der Waals surface area contributed by atoms with E-state index < -0.39 is 10.0 Å². The Bertz CT molecular complexity index is 616. The van der Waals surface area contributed by atoms with E-state index in [0.29, 0.717) is 4.21 Å². The molecule has 19 heavy (non-hydrogen) atoms. The lowest BCUT2D eigenvalue weighted by Gasteiger charge is -2.14. The molecule has 0 amide bonds. The lowest BCUT2D eigenvalue weighted by Crippen LogP contribution is -2.26. The first-order valence-corrected chi connectivity index (χ1v) is 8.54. The summed E-state index contributed by atoms with van der Waals surface area (Å²) >= 11 is 1.22. The quantitative estimate of drug-likeness (QED) is 0.919. The smallest absolute Gasteiger partial charge is 0.206 e. The van der Waals surface area contributed by atoms with E-state index in [1.54, 1.807) is 17.5 Å². The van der Waals surface area contributed by atoms with Crippen LogP contribution in [0, 0.1) is 0 Å². The maximum absolute atomic E-state index is 12.1. The van der Waals surface area contributed by atoms with Crippen LogP contribution in [0.2, 0.25) is 0 Å². The molecule has 0 aliphatic heterocycles. The van der Waals surface area contributed by atoms with Crippen molar-refractivity contribution < 1.29 is 8.42 Å². The van der Waals surface area contributed by atoms with Gasteiger partial charge in [0.2, 0.25) is 0 Å². The zero-order valence-electron chi connectivity index (χ0n) is 11.0. The predicted molar refractivity (Wildman–Crippen MR) is 78.9 cm³/mol. The van der Waals surface area contributed by atoms with Crippen LogP contribution in [0.3, 0.4) is 0 Å². The summed E-state index contributed by atoms with van der Waals surface area (Å²) in [6.07, 6.45) is 0.982. The van der Waals surface area contributed by atoms with Gasteiger partial charge in [-0.3, -0.25) is 0 Å². The van der Waals surface area contributed by atoms with Gasteiger partial charge in [-0.15, -0.1) is 11.3 Å². The lowest BCUT2D eigenvalue weighted by molar-refractivity contribution is 0.569. The Hall–Kier alpha value is -1.17. The van der Waals surface area contributed by atoms with Crippen LogP contribution in [-0.2, 0) is 16.4 Å². The van der Waals surface area contributed by atoms with Gasteiger partial charge in [-0.05, 0) is 35.9 Å². The molecule has 2 rings (SSSR count). The van der Waals surface area contributed by atoms with Gasteiger partial charge in [-0.25, -0.2) is 13.1 Å². The van der Waals surface area contributed by atoms with Crippen LogP contribution >= 0.6 is 11.3 Å². The summed E-state index contributed by atoms with van der Waals surface area (Å²) in [5, 5.41) is 1.76. The Kier molecular flexibility index (Phi) is 4.39. The minimum Gasteiger partial charge on any atom is -0.206 e. The van der Waals surface area contributed by atoms with Crippen molar-refractivity contribution in [2.45, 2.75) is 30.5 Å². The number of thiophene rings is 1. The van der Waals surface area contributed by atoms with Crippen molar-refractivity contribution in [1.29, 1.82) is 0 Å². The molecule has 0 bridgehead atoms. The molecule has 1 atom stereocenters. The van der Waals surface area contributed by atoms with E-state index in [1.165, 1.54) is 16.9 Å². The van der Waals surface area contributed by atoms with Crippen molar-refractivity contribution in [1.82, 2.24) is 4.72 Å². The van der Waals surface area contributed by atoms with Crippen molar-refractivity contribution in [3.05, 3.63) is 52.9 Å². The van der Waals surface area contributed by atoms with E-state index in [-0.39, 0.29) is 6.04 Å². The minimum absolute atomic E-state index is 0.238. The molecule has 1 aromatic heterocycles. The van der Waals surface area contributed by atoms with Crippen LogP contribution in [-0.4, -0.2) is 8.42 Å². The van der Waals surface area contributed by atoms with E-state index in [1.807, 2.05) is 31.2 Å². The summed E-state index contributed by atoms with van der Waals surface area (Å²) in [7, 11) is -3.41. The molecule has 1 N–H and O–H groups in total. The molecular formula is C14H17NO2S2. The highest BCUT2D eigenvalue weighted by molar-refractivity contribution is 7.91. The molecule has 0 spiro atoms. The molecule has 0 aliphatic carbocycles. The number of aryl methyl sites for hydroxylation is 1. The van der Waals surface area contributed by atoms with E-state index in [9.17, 15) is 8.42 Å². The van der Waals surface area contributed by atoms with Gasteiger partial charge in [-0.1, -0.05) is 37.3 Å². The summed E-state index contributed by atoms with van der Waals surface area (Å²) in [5.41, 5.74) is 2.22. The topological polar surface area (TPSA) is 46.2 Å². The SMILES string of the molecule is CCc1ccc(C(C)NS(=O)(=O)c2cccs2)cc1. The van der Waals surface area contributed by atoms with Gasteiger partial charge in [0.05, 0.1) is 0 Å². The first-order valence-electron chi connectivity index (χ1n) is 6.17. The normalized spacial score (nSPS) is 13.4. The summed E-state index contributed by atoms with van der Waals surface area (Å²) in [6.45, 7) is 3.95. The molecule has 1 aromatic carbocycles. The van der Waals surface area contributed by atoms with Crippen LogP contribution in [0.15, 0.2) is 46.0 Å². The van der Waals surface area contributed by atoms with Gasteiger partial charge in [0.15, 0.2) is 0 Å². The van der Waals surface area contributed by atoms with Crippen molar-refractivity contribution in [2.75, 3.05) is 0 Å². The number of benzene rings is 1. The number of hydrogen-bond acceptors (Lipinski definition) is 3. The Balaban J connectivity index is 2.14. The zero-order chi connectivity index (χ0) is 13.9. The fraction of sp³-hybridized carbons (Fsp3) is 0.286. The summed E-state index contributed by atoms with van der Waals surface area (Å²) < 4.78 is 27.2. The Morgan fingerprint density at radius 2 is 1.89 bits per heavy atom. The molecule has 0 saturated heterocycles. The predicted octanol–water partition coefficient (Wildman–Crippen LogP) is 3.35.